The van der Waals surface area contributed by atoms with Crippen molar-refractivity contribution in [2.24, 2.45) is 0 Å². The molecule has 9 heavy (non-hydrogen) atoms. The summed E-state index contributed by atoms with van der Waals surface area (Å²) in [5.74, 6) is 0. The molecule has 0 aliphatic rings. The topological polar surface area (TPSA) is 42.3 Å². The van der Waals surface area contributed by atoms with Crippen molar-refractivity contribution < 1.29 is 53.8 Å². The Morgan fingerprint density at radius 3 is 2.56 bits per heavy atom. The molecular formula is C5H10AcNO2-. The summed E-state index contributed by atoms with van der Waals surface area (Å²) < 4.78 is 0. The SMILES string of the molecule is COOC/C=C(/C)[NH-].[Ac]. The second-order valence-corrected chi connectivity index (χ2v) is 1.34. The molecule has 0 spiro atoms. The van der Waals surface area contributed by atoms with Gasteiger partial charge in [0, 0.05) is 44.1 Å². The Balaban J connectivity index is 0. The molecule has 0 aliphatic heterocycles. The van der Waals surface area contributed by atoms with Crippen molar-refractivity contribution >= 4 is 0 Å². The molecule has 0 saturated heterocycles. The van der Waals surface area contributed by atoms with Crippen molar-refractivity contribution in [3.05, 3.63) is 17.5 Å². The minimum absolute atomic E-state index is 0. The van der Waals surface area contributed by atoms with Crippen molar-refractivity contribution in [3.8, 4) is 0 Å². The molecule has 3 nitrogen and oxygen atoms in total. The minimum Gasteiger partial charge on any atom is -0.703 e. The molecule has 0 atom stereocenters. The molecule has 0 amide bonds. The summed E-state index contributed by atoms with van der Waals surface area (Å²) in [7, 11) is 1.44. The maximum absolute atomic E-state index is 6.88. The molecule has 0 rings (SSSR count). The largest absolute Gasteiger partial charge is 0.703 e. The first-order valence-corrected chi connectivity index (χ1v) is 2.31. The smallest absolute Gasteiger partial charge is 0.0992 e. The van der Waals surface area contributed by atoms with Gasteiger partial charge in [0.15, 0.2) is 0 Å². The molecule has 0 aromatic carbocycles. The first kappa shape index (κ1) is 12.6. The van der Waals surface area contributed by atoms with E-state index in [-0.39, 0.29) is 44.1 Å². The predicted molar refractivity (Wildman–Crippen MR) is 31.0 cm³/mol. The van der Waals surface area contributed by atoms with Crippen LogP contribution in [0.15, 0.2) is 11.8 Å². The van der Waals surface area contributed by atoms with Crippen molar-refractivity contribution in [1.29, 1.82) is 0 Å². The summed E-state index contributed by atoms with van der Waals surface area (Å²) in [5.41, 5.74) is 7.37. The van der Waals surface area contributed by atoms with Crippen LogP contribution < -0.4 is 0 Å². The van der Waals surface area contributed by atoms with E-state index < -0.39 is 0 Å². The molecule has 0 saturated carbocycles. The Morgan fingerprint density at radius 2 is 2.22 bits per heavy atom. The molecule has 1 N–H and O–H groups in total. The molecule has 0 aromatic heterocycles. The van der Waals surface area contributed by atoms with E-state index in [1.165, 1.54) is 7.11 Å². The maximum Gasteiger partial charge on any atom is 0.0992 e. The van der Waals surface area contributed by atoms with E-state index in [1.54, 1.807) is 13.0 Å². The molecule has 0 unspecified atom stereocenters. The summed E-state index contributed by atoms with van der Waals surface area (Å²) in [6, 6.07) is 0. The van der Waals surface area contributed by atoms with Gasteiger partial charge in [-0.1, -0.05) is 13.0 Å². The van der Waals surface area contributed by atoms with Gasteiger partial charge in [0.1, 0.15) is 0 Å². The van der Waals surface area contributed by atoms with Crippen LogP contribution in [0.1, 0.15) is 6.92 Å². The fourth-order valence-electron chi connectivity index (χ4n) is 0.227. The van der Waals surface area contributed by atoms with Gasteiger partial charge in [0.25, 0.3) is 0 Å². The summed E-state index contributed by atoms with van der Waals surface area (Å²) in [5, 5.41) is 0. The Morgan fingerprint density at radius 1 is 1.67 bits per heavy atom. The van der Waals surface area contributed by atoms with Crippen molar-refractivity contribution in [2.45, 2.75) is 6.92 Å². The van der Waals surface area contributed by atoms with Gasteiger partial charge in [-0.05, 0) is 0 Å². The van der Waals surface area contributed by atoms with Gasteiger partial charge in [-0.25, -0.2) is 9.78 Å². The quantitative estimate of drug-likeness (QED) is 0.443. The van der Waals surface area contributed by atoms with Gasteiger partial charge < -0.3 is 5.73 Å². The van der Waals surface area contributed by atoms with Gasteiger partial charge in [0.2, 0.25) is 0 Å². The van der Waals surface area contributed by atoms with E-state index in [0.29, 0.717) is 12.3 Å². The molecule has 0 fully saturated rings. The predicted octanol–water partition coefficient (Wildman–Crippen LogP) is 1.52. The van der Waals surface area contributed by atoms with Crippen LogP contribution in [0.25, 0.3) is 5.73 Å². The third kappa shape index (κ3) is 12.2. The van der Waals surface area contributed by atoms with E-state index in [0.717, 1.165) is 0 Å². The Bertz CT molecular complexity index is 81.0. The summed E-state index contributed by atoms with van der Waals surface area (Å²) in [6.07, 6.45) is 1.61. The van der Waals surface area contributed by atoms with E-state index in [9.17, 15) is 0 Å². The first-order chi connectivity index (χ1) is 3.77. The third-order valence-corrected chi connectivity index (χ3v) is 0.575. The van der Waals surface area contributed by atoms with E-state index in [1.807, 2.05) is 0 Å². The maximum atomic E-state index is 6.88. The fourth-order valence-corrected chi connectivity index (χ4v) is 0.227. The molecular weight excluding hydrogens is 333 g/mol. The summed E-state index contributed by atoms with van der Waals surface area (Å²) >= 11 is 0. The number of hydrogen-bond acceptors (Lipinski definition) is 2. The van der Waals surface area contributed by atoms with Crippen molar-refractivity contribution in [2.75, 3.05) is 13.7 Å². The minimum atomic E-state index is 0. The molecule has 1 radical (unpaired) electrons. The van der Waals surface area contributed by atoms with Crippen molar-refractivity contribution in [1.82, 2.24) is 0 Å². The van der Waals surface area contributed by atoms with Crippen LogP contribution in [0.5, 0.6) is 0 Å². The van der Waals surface area contributed by atoms with Crippen LogP contribution in [0.4, 0.5) is 0 Å². The van der Waals surface area contributed by atoms with Crippen LogP contribution in [-0.2, 0) is 9.78 Å². The number of hydrogen-bond donors (Lipinski definition) is 0. The number of rotatable bonds is 3. The molecule has 4 heteroatoms. The normalized spacial score (nSPS) is 10.7. The first-order valence-electron chi connectivity index (χ1n) is 2.31. The zero-order valence-corrected chi connectivity index (χ0v) is 10.4. The van der Waals surface area contributed by atoms with Crippen LogP contribution >= 0.6 is 0 Å². The Hall–Kier alpha value is 0.902. The van der Waals surface area contributed by atoms with E-state index in [2.05, 4.69) is 9.78 Å². The molecule has 0 aliphatic carbocycles. The fraction of sp³-hybridized carbons (Fsp3) is 0.600. The molecule has 51 valence electrons. The summed E-state index contributed by atoms with van der Waals surface area (Å²) in [4.78, 5) is 8.71. The van der Waals surface area contributed by atoms with Gasteiger partial charge >= 0.3 is 0 Å². The molecule has 0 bridgehead atoms. The number of allylic oxidation sites excluding steroid dienone is 1. The van der Waals surface area contributed by atoms with Gasteiger partial charge in [-0.3, -0.25) is 0 Å². The standard InChI is InChI=1S/C5H10NO2.Ac/c1-5(6)3-4-8-7-2;/h3,6H,4H2,1-2H3;/q-1;/b5-3-;. The van der Waals surface area contributed by atoms with Crippen LogP contribution in [-0.4, -0.2) is 13.7 Å². The van der Waals surface area contributed by atoms with Crippen LogP contribution in [0, 0.1) is 44.1 Å². The van der Waals surface area contributed by atoms with Gasteiger partial charge in [-0.15, -0.1) is 0 Å². The molecule has 0 aromatic rings. The van der Waals surface area contributed by atoms with Crippen LogP contribution in [0.3, 0.4) is 0 Å². The average Bonchev–Trinajstić information content (AvgIpc) is 1.66. The zero-order valence-electron chi connectivity index (χ0n) is 5.68. The Labute approximate surface area is 91.1 Å². The van der Waals surface area contributed by atoms with E-state index in [4.69, 9.17) is 5.73 Å². The van der Waals surface area contributed by atoms with E-state index >= 15 is 0 Å². The Kier molecular flexibility index (Phi) is 12.4. The van der Waals surface area contributed by atoms with Crippen LogP contribution in [0.2, 0.25) is 0 Å². The zero-order chi connectivity index (χ0) is 6.41. The monoisotopic (exact) mass is 343 g/mol. The van der Waals surface area contributed by atoms with Gasteiger partial charge in [-0.2, -0.15) is 5.70 Å². The molecule has 0 heterocycles. The second kappa shape index (κ2) is 8.90. The summed E-state index contributed by atoms with van der Waals surface area (Å²) in [6.45, 7) is 2.03. The average molecular weight is 343 g/mol. The van der Waals surface area contributed by atoms with Crippen molar-refractivity contribution in [3.63, 3.8) is 0 Å². The second-order valence-electron chi connectivity index (χ2n) is 1.34. The van der Waals surface area contributed by atoms with Gasteiger partial charge in [0.05, 0.1) is 13.7 Å². The third-order valence-electron chi connectivity index (χ3n) is 0.575. The number of nitrogens with one attached hydrogen (secondary N) is 1.